The number of hydrogen-bond donors (Lipinski definition) is 1. The summed E-state index contributed by atoms with van der Waals surface area (Å²) in [4.78, 5) is 14.4. The van der Waals surface area contributed by atoms with Crippen LogP contribution in [0, 0.1) is 0 Å². The molecule has 0 bridgehead atoms. The minimum atomic E-state index is -2.44. The molecule has 0 aliphatic carbocycles. The Balaban J connectivity index is 1.71. The van der Waals surface area contributed by atoms with E-state index in [2.05, 4.69) is 0 Å². The number of carbonyl (C=O) groups is 1. The molecule has 1 N–H and O–H groups in total. The van der Waals surface area contributed by atoms with E-state index in [9.17, 15) is 9.90 Å². The molecule has 0 radical (unpaired) electrons. The number of β-lactam (4-membered cyclic amide) rings is 1. The number of hydrogen-bond acceptors (Lipinski definition) is 2. The molecule has 4 rings (SSSR count). The highest BCUT2D eigenvalue weighted by Crippen LogP contribution is 2.53. The number of nitrogens with zero attached hydrogens (tertiary/aromatic N) is 1. The molecule has 0 spiro atoms. The summed E-state index contributed by atoms with van der Waals surface area (Å²) in [5, 5.41) is 11.3. The molecule has 1 heterocycles. The third kappa shape index (κ3) is 3.09. The zero-order chi connectivity index (χ0) is 19.7. The Morgan fingerprint density at radius 1 is 0.964 bits per heavy atom. The molecule has 3 nitrogen and oxygen atoms in total. The van der Waals surface area contributed by atoms with Gasteiger partial charge in [0.05, 0.1) is 0 Å². The van der Waals surface area contributed by atoms with Crippen molar-refractivity contribution in [2.24, 2.45) is 0 Å². The maximum atomic E-state index is 16.1. The highest BCUT2D eigenvalue weighted by Gasteiger charge is 2.66. The Bertz CT molecular complexity index is 965. The molecule has 3 aromatic carbocycles. The van der Waals surface area contributed by atoms with Crippen molar-refractivity contribution in [2.45, 2.75) is 24.4 Å². The van der Waals surface area contributed by atoms with Gasteiger partial charge < -0.3 is 10.0 Å². The molecule has 3 atom stereocenters. The lowest BCUT2D eigenvalue weighted by Gasteiger charge is -2.53. The van der Waals surface area contributed by atoms with E-state index in [0.29, 0.717) is 16.1 Å². The maximum absolute atomic E-state index is 16.1. The quantitative estimate of drug-likeness (QED) is 0.626. The second kappa shape index (κ2) is 7.38. The summed E-state index contributed by atoms with van der Waals surface area (Å²) in [7, 11) is 0. The lowest BCUT2D eigenvalue weighted by Crippen LogP contribution is -2.67. The van der Waals surface area contributed by atoms with Gasteiger partial charge in [0.2, 0.25) is 5.67 Å². The van der Waals surface area contributed by atoms with E-state index >= 15 is 4.39 Å². The minimum absolute atomic E-state index is 0.276. The van der Waals surface area contributed by atoms with E-state index in [1.165, 1.54) is 4.90 Å². The van der Waals surface area contributed by atoms with Crippen molar-refractivity contribution in [3.8, 4) is 0 Å². The Kier molecular flexibility index (Phi) is 4.92. The Morgan fingerprint density at radius 3 is 2.14 bits per heavy atom. The number of carbonyl (C=O) groups excluding carboxylic acids is 1. The summed E-state index contributed by atoms with van der Waals surface area (Å²) >= 11 is 5.89. The molecule has 5 heteroatoms. The molecule has 1 aliphatic rings. The third-order valence-corrected chi connectivity index (χ3v) is 5.44. The van der Waals surface area contributed by atoms with Gasteiger partial charge in [0.15, 0.2) is 0 Å². The number of aliphatic hydroxyl groups excluding tert-OH is 1. The Hall–Kier alpha value is -2.69. The fourth-order valence-electron chi connectivity index (χ4n) is 3.77. The van der Waals surface area contributed by atoms with Crippen LogP contribution in [0.3, 0.4) is 0 Å². The smallest absolute Gasteiger partial charge is 0.266 e. The van der Waals surface area contributed by atoms with E-state index < -0.39 is 23.7 Å². The molecular weight excluding hydrogens is 377 g/mol. The molecule has 1 unspecified atom stereocenters. The minimum Gasteiger partial charge on any atom is -0.384 e. The van der Waals surface area contributed by atoms with E-state index in [4.69, 9.17) is 11.6 Å². The van der Waals surface area contributed by atoms with Gasteiger partial charge in [-0.1, -0.05) is 84.4 Å². The predicted octanol–water partition coefficient (Wildman–Crippen LogP) is 4.87. The van der Waals surface area contributed by atoms with Gasteiger partial charge in [-0.3, -0.25) is 4.79 Å². The molecule has 1 fully saturated rings. The first-order chi connectivity index (χ1) is 13.5. The van der Waals surface area contributed by atoms with Crippen LogP contribution in [-0.2, 0) is 11.3 Å². The number of benzene rings is 3. The Labute approximate surface area is 168 Å². The van der Waals surface area contributed by atoms with Crippen LogP contribution >= 0.6 is 11.6 Å². The monoisotopic (exact) mass is 395 g/mol. The van der Waals surface area contributed by atoms with Gasteiger partial charge in [-0.15, -0.1) is 0 Å². The van der Waals surface area contributed by atoms with Crippen molar-refractivity contribution in [1.82, 2.24) is 4.90 Å². The first-order valence-electron chi connectivity index (χ1n) is 9.04. The van der Waals surface area contributed by atoms with Gasteiger partial charge in [-0.05, 0) is 28.8 Å². The van der Waals surface area contributed by atoms with Crippen molar-refractivity contribution in [2.75, 3.05) is 0 Å². The van der Waals surface area contributed by atoms with Crippen LogP contribution in [0.25, 0.3) is 0 Å². The molecule has 142 valence electrons. The average Bonchev–Trinajstić information content (AvgIpc) is 2.74. The number of alkyl halides is 1. The van der Waals surface area contributed by atoms with Crippen molar-refractivity contribution in [3.63, 3.8) is 0 Å². The molecule has 0 aromatic heterocycles. The molecular formula is C23H19ClFNO2. The van der Waals surface area contributed by atoms with Crippen LogP contribution < -0.4 is 0 Å². The summed E-state index contributed by atoms with van der Waals surface area (Å²) in [6.45, 7) is 0.276. The predicted molar refractivity (Wildman–Crippen MR) is 106 cm³/mol. The van der Waals surface area contributed by atoms with Crippen LogP contribution in [0.2, 0.25) is 5.02 Å². The van der Waals surface area contributed by atoms with Crippen LogP contribution in [0.15, 0.2) is 84.9 Å². The Morgan fingerprint density at radius 2 is 1.54 bits per heavy atom. The number of halogens is 2. The number of rotatable bonds is 5. The molecule has 1 amide bonds. The first-order valence-corrected chi connectivity index (χ1v) is 9.42. The van der Waals surface area contributed by atoms with E-state index in [1.807, 2.05) is 36.4 Å². The fraction of sp³-hybridized carbons (Fsp3) is 0.174. The van der Waals surface area contributed by atoms with Crippen molar-refractivity contribution in [3.05, 3.63) is 107 Å². The number of likely N-dealkylation sites (tertiary alicyclic amines) is 1. The average molecular weight is 396 g/mol. The normalized spacial score (nSPS) is 22.6. The van der Waals surface area contributed by atoms with Crippen molar-refractivity contribution < 1.29 is 14.3 Å². The topological polar surface area (TPSA) is 40.5 Å². The summed E-state index contributed by atoms with van der Waals surface area (Å²) in [5.74, 6) is -0.715. The summed E-state index contributed by atoms with van der Waals surface area (Å²) in [5.41, 5.74) is -0.571. The highest BCUT2D eigenvalue weighted by atomic mass is 35.5. The van der Waals surface area contributed by atoms with Crippen LogP contribution in [0.1, 0.15) is 28.8 Å². The summed E-state index contributed by atoms with van der Waals surface area (Å²) < 4.78 is 16.1. The zero-order valence-electron chi connectivity index (χ0n) is 15.0. The van der Waals surface area contributed by atoms with E-state index in [1.54, 1.807) is 48.5 Å². The van der Waals surface area contributed by atoms with Gasteiger partial charge in [0, 0.05) is 11.6 Å². The van der Waals surface area contributed by atoms with Crippen molar-refractivity contribution >= 4 is 17.5 Å². The molecule has 3 aromatic rings. The van der Waals surface area contributed by atoms with Crippen LogP contribution in [-0.4, -0.2) is 21.6 Å². The largest absolute Gasteiger partial charge is 0.384 e. The zero-order valence-corrected chi connectivity index (χ0v) is 15.8. The van der Waals surface area contributed by atoms with Gasteiger partial charge in [-0.2, -0.15) is 0 Å². The van der Waals surface area contributed by atoms with Crippen LogP contribution in [0.4, 0.5) is 4.39 Å². The van der Waals surface area contributed by atoms with Gasteiger partial charge in [-0.25, -0.2) is 4.39 Å². The van der Waals surface area contributed by atoms with Crippen molar-refractivity contribution in [1.29, 1.82) is 0 Å². The lowest BCUT2D eigenvalue weighted by molar-refractivity contribution is -0.197. The van der Waals surface area contributed by atoms with Gasteiger partial charge in [0.25, 0.3) is 5.91 Å². The standard InChI is InChI=1S/C23H19ClFNO2/c24-19-13-11-18(12-14-19)21(27)23(25)20(17-9-5-2-6-10-17)26(22(23)28)15-16-7-3-1-4-8-16/h1-14,20-21,27H,15H2/t20-,21?,23-/m0/s1. The lowest BCUT2D eigenvalue weighted by atomic mass is 9.73. The number of amides is 1. The summed E-state index contributed by atoms with van der Waals surface area (Å²) in [6, 6.07) is 23.8. The maximum Gasteiger partial charge on any atom is 0.266 e. The van der Waals surface area contributed by atoms with Crippen LogP contribution in [0.5, 0.6) is 0 Å². The summed E-state index contributed by atoms with van der Waals surface area (Å²) in [6.07, 6.45) is -1.59. The molecule has 28 heavy (non-hydrogen) atoms. The molecule has 1 aliphatic heterocycles. The number of aliphatic hydroxyl groups is 1. The first kappa shape index (κ1) is 18.7. The second-order valence-corrected chi connectivity index (χ2v) is 7.39. The van der Waals surface area contributed by atoms with Gasteiger partial charge in [0.1, 0.15) is 12.1 Å². The van der Waals surface area contributed by atoms with Gasteiger partial charge >= 0.3 is 0 Å². The SMILES string of the molecule is O=C1N(Cc2ccccc2)[C@@H](c2ccccc2)[C@]1(F)C(O)c1ccc(Cl)cc1. The van der Waals surface area contributed by atoms with E-state index in [-0.39, 0.29) is 6.54 Å². The molecule has 0 saturated carbocycles. The highest BCUT2D eigenvalue weighted by molar-refractivity contribution is 6.30. The third-order valence-electron chi connectivity index (χ3n) is 5.19. The molecule has 1 saturated heterocycles. The second-order valence-electron chi connectivity index (χ2n) is 6.95. The van der Waals surface area contributed by atoms with E-state index in [0.717, 1.165) is 5.56 Å². The fourth-order valence-corrected chi connectivity index (χ4v) is 3.90.